The van der Waals surface area contributed by atoms with Crippen LogP contribution in [-0.4, -0.2) is 42.3 Å². The van der Waals surface area contributed by atoms with Gasteiger partial charge in [-0.15, -0.1) is 0 Å². The number of hydrogen-bond acceptors (Lipinski definition) is 5. The Bertz CT molecular complexity index is 355. The second-order valence-electron chi connectivity index (χ2n) is 4.91. The van der Waals surface area contributed by atoms with Crippen molar-refractivity contribution < 1.29 is 4.74 Å². The fourth-order valence-electron chi connectivity index (χ4n) is 1.48. The molecule has 0 radical (unpaired) electrons. The molecule has 0 aliphatic heterocycles. The van der Waals surface area contributed by atoms with E-state index in [2.05, 4.69) is 34.0 Å². The molecule has 0 saturated carbocycles. The summed E-state index contributed by atoms with van der Waals surface area (Å²) in [5, 5.41) is 3.38. The lowest BCUT2D eigenvalue weighted by atomic mass is 10.4. The van der Waals surface area contributed by atoms with E-state index >= 15 is 0 Å². The summed E-state index contributed by atoms with van der Waals surface area (Å²) in [4.78, 5) is 10.4. The highest BCUT2D eigenvalue weighted by molar-refractivity contribution is 5.39. The highest BCUT2D eigenvalue weighted by atomic mass is 16.5. The minimum atomic E-state index is 0.126. The smallest absolute Gasteiger partial charge is 0.218 e. The lowest BCUT2D eigenvalue weighted by Gasteiger charge is -2.19. The van der Waals surface area contributed by atoms with Crippen LogP contribution in [0.4, 0.5) is 5.82 Å². The fourth-order valence-corrected chi connectivity index (χ4v) is 1.48. The summed E-state index contributed by atoms with van der Waals surface area (Å²) in [6.45, 7) is 10.1. The van der Waals surface area contributed by atoms with Crippen molar-refractivity contribution in [3.05, 3.63) is 12.4 Å². The highest BCUT2D eigenvalue weighted by Gasteiger charge is 2.06. The summed E-state index contributed by atoms with van der Waals surface area (Å²) in [6, 6.07) is 2.37. The lowest BCUT2D eigenvalue weighted by molar-refractivity contribution is 0.232. The second kappa shape index (κ2) is 7.16. The molecule has 0 amide bonds. The second-order valence-corrected chi connectivity index (χ2v) is 4.91. The Morgan fingerprint density at radius 2 is 2.00 bits per heavy atom. The molecule has 5 heteroatoms. The molecular formula is C13H24N4O. The van der Waals surface area contributed by atoms with Gasteiger partial charge in [-0.2, -0.15) is 0 Å². The molecule has 0 saturated heterocycles. The van der Waals surface area contributed by atoms with Gasteiger partial charge in [-0.05, 0) is 13.8 Å². The summed E-state index contributed by atoms with van der Waals surface area (Å²) in [5.74, 6) is 1.50. The van der Waals surface area contributed by atoms with E-state index in [1.165, 1.54) is 0 Å². The van der Waals surface area contributed by atoms with Crippen LogP contribution in [0.5, 0.6) is 5.88 Å². The molecule has 1 heterocycles. The van der Waals surface area contributed by atoms with Gasteiger partial charge in [0.05, 0.1) is 6.10 Å². The van der Waals surface area contributed by atoms with Crippen molar-refractivity contribution in [2.24, 2.45) is 0 Å². The van der Waals surface area contributed by atoms with E-state index in [0.29, 0.717) is 11.9 Å². The molecule has 5 nitrogen and oxygen atoms in total. The van der Waals surface area contributed by atoms with Crippen LogP contribution in [0, 0.1) is 0 Å². The van der Waals surface area contributed by atoms with Gasteiger partial charge in [0.2, 0.25) is 5.88 Å². The molecule has 0 fully saturated rings. The van der Waals surface area contributed by atoms with Crippen molar-refractivity contribution in [1.29, 1.82) is 0 Å². The standard InChI is InChI=1S/C13H24N4O/c1-10(2)14-6-7-17(5)12-8-13(16-9-15-12)18-11(3)4/h8-11,14H,6-7H2,1-5H3. The Labute approximate surface area is 110 Å². The summed E-state index contributed by atoms with van der Waals surface area (Å²) in [6.07, 6.45) is 1.67. The summed E-state index contributed by atoms with van der Waals surface area (Å²) in [7, 11) is 2.02. The number of anilines is 1. The monoisotopic (exact) mass is 252 g/mol. The normalized spacial score (nSPS) is 11.1. The molecule has 0 bridgehead atoms. The number of hydrogen-bond donors (Lipinski definition) is 1. The van der Waals surface area contributed by atoms with Crippen LogP contribution in [0.15, 0.2) is 12.4 Å². The molecule has 1 aromatic heterocycles. The third kappa shape index (κ3) is 5.31. The van der Waals surface area contributed by atoms with Crippen LogP contribution in [-0.2, 0) is 0 Å². The van der Waals surface area contributed by atoms with Gasteiger partial charge in [-0.25, -0.2) is 9.97 Å². The van der Waals surface area contributed by atoms with Gasteiger partial charge >= 0.3 is 0 Å². The highest BCUT2D eigenvalue weighted by Crippen LogP contribution is 2.15. The van der Waals surface area contributed by atoms with Crippen LogP contribution in [0.2, 0.25) is 0 Å². The Morgan fingerprint density at radius 3 is 2.61 bits per heavy atom. The lowest BCUT2D eigenvalue weighted by Crippen LogP contribution is -2.33. The van der Waals surface area contributed by atoms with Gasteiger partial charge in [-0.1, -0.05) is 13.8 Å². The maximum absolute atomic E-state index is 5.55. The van der Waals surface area contributed by atoms with Crippen LogP contribution in [0.25, 0.3) is 0 Å². The molecule has 0 unspecified atom stereocenters. The van der Waals surface area contributed by atoms with Crippen molar-refractivity contribution in [3.8, 4) is 5.88 Å². The van der Waals surface area contributed by atoms with Crippen molar-refractivity contribution in [2.75, 3.05) is 25.0 Å². The van der Waals surface area contributed by atoms with Crippen LogP contribution in [0.3, 0.4) is 0 Å². The maximum Gasteiger partial charge on any atom is 0.218 e. The Hall–Kier alpha value is -1.36. The van der Waals surface area contributed by atoms with Gasteiger partial charge in [0.1, 0.15) is 12.1 Å². The molecule has 0 atom stereocenters. The average Bonchev–Trinajstić information content (AvgIpc) is 2.27. The molecule has 1 N–H and O–H groups in total. The molecule has 0 spiro atoms. The first-order chi connectivity index (χ1) is 8.49. The fraction of sp³-hybridized carbons (Fsp3) is 0.692. The summed E-state index contributed by atoms with van der Waals surface area (Å²) < 4.78 is 5.55. The van der Waals surface area contributed by atoms with Crippen molar-refractivity contribution >= 4 is 5.82 Å². The van der Waals surface area contributed by atoms with Crippen LogP contribution < -0.4 is 15.0 Å². The third-order valence-electron chi connectivity index (χ3n) is 2.37. The van der Waals surface area contributed by atoms with Crippen LogP contribution in [0.1, 0.15) is 27.7 Å². The van der Waals surface area contributed by atoms with Gasteiger partial charge in [0, 0.05) is 32.2 Å². The van der Waals surface area contributed by atoms with Gasteiger partial charge in [0.25, 0.3) is 0 Å². The molecule has 1 rings (SSSR count). The van der Waals surface area contributed by atoms with Crippen molar-refractivity contribution in [2.45, 2.75) is 39.8 Å². The van der Waals surface area contributed by atoms with E-state index in [1.807, 2.05) is 27.0 Å². The molecule has 0 aliphatic carbocycles. The first kappa shape index (κ1) is 14.7. The summed E-state index contributed by atoms with van der Waals surface area (Å²) in [5.41, 5.74) is 0. The molecule has 18 heavy (non-hydrogen) atoms. The summed E-state index contributed by atoms with van der Waals surface area (Å²) >= 11 is 0. The minimum Gasteiger partial charge on any atom is -0.475 e. The van der Waals surface area contributed by atoms with E-state index < -0.39 is 0 Å². The number of likely N-dealkylation sites (N-methyl/N-ethyl adjacent to an activating group) is 1. The number of nitrogens with zero attached hydrogens (tertiary/aromatic N) is 3. The SMILES string of the molecule is CC(C)NCCN(C)c1cc(OC(C)C)ncn1. The Morgan fingerprint density at radius 1 is 1.28 bits per heavy atom. The minimum absolute atomic E-state index is 0.126. The Kier molecular flexibility index (Phi) is 5.85. The zero-order valence-electron chi connectivity index (χ0n) is 12.0. The quantitative estimate of drug-likeness (QED) is 0.800. The zero-order chi connectivity index (χ0) is 13.5. The molecular weight excluding hydrogens is 228 g/mol. The van der Waals surface area contributed by atoms with E-state index in [9.17, 15) is 0 Å². The Balaban J connectivity index is 2.54. The molecule has 0 aliphatic rings. The predicted octanol–water partition coefficient (Wildman–Crippen LogP) is 1.70. The number of aromatic nitrogens is 2. The number of rotatable bonds is 7. The zero-order valence-corrected chi connectivity index (χ0v) is 12.0. The average molecular weight is 252 g/mol. The third-order valence-corrected chi connectivity index (χ3v) is 2.37. The van der Waals surface area contributed by atoms with E-state index in [1.54, 1.807) is 6.33 Å². The van der Waals surface area contributed by atoms with Gasteiger partial charge in [-0.3, -0.25) is 0 Å². The van der Waals surface area contributed by atoms with E-state index in [0.717, 1.165) is 18.9 Å². The predicted molar refractivity (Wildman–Crippen MR) is 74.2 cm³/mol. The van der Waals surface area contributed by atoms with Crippen molar-refractivity contribution in [3.63, 3.8) is 0 Å². The number of ether oxygens (including phenoxy) is 1. The topological polar surface area (TPSA) is 50.3 Å². The van der Waals surface area contributed by atoms with Crippen LogP contribution >= 0.6 is 0 Å². The number of nitrogens with one attached hydrogen (secondary N) is 1. The molecule has 1 aromatic rings. The molecule has 0 aromatic carbocycles. The largest absolute Gasteiger partial charge is 0.475 e. The first-order valence-electron chi connectivity index (χ1n) is 6.42. The van der Waals surface area contributed by atoms with Crippen molar-refractivity contribution in [1.82, 2.24) is 15.3 Å². The van der Waals surface area contributed by atoms with E-state index in [4.69, 9.17) is 4.74 Å². The van der Waals surface area contributed by atoms with Gasteiger partial charge < -0.3 is 15.0 Å². The van der Waals surface area contributed by atoms with E-state index in [-0.39, 0.29) is 6.10 Å². The van der Waals surface area contributed by atoms with Gasteiger partial charge in [0.15, 0.2) is 0 Å². The first-order valence-corrected chi connectivity index (χ1v) is 6.42. The maximum atomic E-state index is 5.55. The molecule has 102 valence electrons.